The first-order valence-electron chi connectivity index (χ1n) is 4.91. The van der Waals surface area contributed by atoms with Crippen LogP contribution < -0.4 is 10.5 Å². The summed E-state index contributed by atoms with van der Waals surface area (Å²) >= 11 is 0. The zero-order valence-corrected chi connectivity index (χ0v) is 8.28. The molecule has 0 spiro atoms. The highest BCUT2D eigenvalue weighted by molar-refractivity contribution is 5.38. The molecule has 1 fully saturated rings. The summed E-state index contributed by atoms with van der Waals surface area (Å²) in [5.41, 5.74) is 5.35. The lowest BCUT2D eigenvalue weighted by Gasteiger charge is -2.22. The van der Waals surface area contributed by atoms with Crippen LogP contribution in [0.1, 0.15) is 12.8 Å². The third-order valence-corrected chi connectivity index (χ3v) is 2.31. The van der Waals surface area contributed by atoms with E-state index in [1.807, 2.05) is 0 Å². The Morgan fingerprint density at radius 3 is 2.87 bits per heavy atom. The Labute approximate surface area is 87.2 Å². The quantitative estimate of drug-likeness (QED) is 0.804. The molecule has 5 heteroatoms. The van der Waals surface area contributed by atoms with Crippen LogP contribution in [0.25, 0.3) is 0 Å². The van der Waals surface area contributed by atoms with E-state index in [-0.39, 0.29) is 17.7 Å². The SMILES string of the molecule is Nc1cnc(OC2CCOCC2)cc1F. The van der Waals surface area contributed by atoms with Gasteiger partial charge in [0, 0.05) is 18.9 Å². The Bertz CT molecular complexity index is 340. The minimum absolute atomic E-state index is 0.0364. The minimum atomic E-state index is -0.493. The predicted octanol–water partition coefficient (Wildman–Crippen LogP) is 1.36. The molecule has 2 heterocycles. The van der Waals surface area contributed by atoms with E-state index in [0.717, 1.165) is 12.8 Å². The lowest BCUT2D eigenvalue weighted by Crippen LogP contribution is -2.26. The first-order chi connectivity index (χ1) is 7.25. The second-order valence-electron chi connectivity index (χ2n) is 3.47. The minimum Gasteiger partial charge on any atom is -0.474 e. The molecule has 0 aliphatic carbocycles. The van der Waals surface area contributed by atoms with Crippen LogP contribution in [0.3, 0.4) is 0 Å². The van der Waals surface area contributed by atoms with E-state index >= 15 is 0 Å². The van der Waals surface area contributed by atoms with E-state index in [2.05, 4.69) is 4.98 Å². The van der Waals surface area contributed by atoms with Crippen LogP contribution in [-0.4, -0.2) is 24.3 Å². The largest absolute Gasteiger partial charge is 0.474 e. The van der Waals surface area contributed by atoms with Gasteiger partial charge in [-0.1, -0.05) is 0 Å². The van der Waals surface area contributed by atoms with Crippen molar-refractivity contribution in [1.29, 1.82) is 0 Å². The van der Waals surface area contributed by atoms with Crippen LogP contribution >= 0.6 is 0 Å². The molecule has 4 nitrogen and oxygen atoms in total. The van der Waals surface area contributed by atoms with E-state index in [1.54, 1.807) is 0 Å². The number of ether oxygens (including phenoxy) is 2. The molecule has 0 saturated carbocycles. The molecule has 82 valence electrons. The molecule has 0 atom stereocenters. The van der Waals surface area contributed by atoms with Gasteiger partial charge in [-0.3, -0.25) is 0 Å². The monoisotopic (exact) mass is 212 g/mol. The zero-order chi connectivity index (χ0) is 10.7. The highest BCUT2D eigenvalue weighted by atomic mass is 19.1. The van der Waals surface area contributed by atoms with E-state index in [4.69, 9.17) is 15.2 Å². The summed E-state index contributed by atoms with van der Waals surface area (Å²) in [7, 11) is 0. The highest BCUT2D eigenvalue weighted by Gasteiger charge is 2.16. The third-order valence-electron chi connectivity index (χ3n) is 2.31. The zero-order valence-electron chi connectivity index (χ0n) is 8.28. The lowest BCUT2D eigenvalue weighted by molar-refractivity contribution is 0.0236. The number of hydrogen-bond donors (Lipinski definition) is 1. The summed E-state index contributed by atoms with van der Waals surface area (Å²) in [4.78, 5) is 3.91. The van der Waals surface area contributed by atoms with Crippen LogP contribution in [-0.2, 0) is 4.74 Å². The number of halogens is 1. The van der Waals surface area contributed by atoms with Gasteiger partial charge in [0.15, 0.2) is 5.82 Å². The van der Waals surface area contributed by atoms with Crippen LogP contribution in [0.15, 0.2) is 12.3 Å². The molecule has 1 aromatic heterocycles. The first-order valence-corrected chi connectivity index (χ1v) is 4.91. The predicted molar refractivity (Wildman–Crippen MR) is 53.1 cm³/mol. The molecule has 0 unspecified atom stereocenters. The van der Waals surface area contributed by atoms with Gasteiger partial charge in [-0.05, 0) is 0 Å². The van der Waals surface area contributed by atoms with Crippen LogP contribution in [0.2, 0.25) is 0 Å². The number of nitrogens with zero attached hydrogens (tertiary/aromatic N) is 1. The molecule has 0 radical (unpaired) electrons. The van der Waals surface area contributed by atoms with Gasteiger partial charge in [0.05, 0.1) is 25.1 Å². The maximum Gasteiger partial charge on any atom is 0.216 e. The fourth-order valence-electron chi connectivity index (χ4n) is 1.45. The highest BCUT2D eigenvalue weighted by Crippen LogP contribution is 2.18. The number of aromatic nitrogens is 1. The Kier molecular flexibility index (Phi) is 3.01. The number of hydrogen-bond acceptors (Lipinski definition) is 4. The van der Waals surface area contributed by atoms with Gasteiger partial charge < -0.3 is 15.2 Å². The van der Waals surface area contributed by atoms with Gasteiger partial charge in [-0.25, -0.2) is 9.37 Å². The lowest BCUT2D eigenvalue weighted by atomic mass is 10.1. The fourth-order valence-corrected chi connectivity index (χ4v) is 1.45. The van der Waals surface area contributed by atoms with Crippen LogP contribution in [0.5, 0.6) is 5.88 Å². The molecule has 1 aromatic rings. The van der Waals surface area contributed by atoms with E-state index in [1.165, 1.54) is 12.3 Å². The summed E-state index contributed by atoms with van der Waals surface area (Å²) in [5.74, 6) is -0.208. The van der Waals surface area contributed by atoms with Gasteiger partial charge in [0.2, 0.25) is 5.88 Å². The molecule has 2 N–H and O–H groups in total. The summed E-state index contributed by atoms with van der Waals surface area (Å²) < 4.78 is 23.8. The summed E-state index contributed by atoms with van der Waals surface area (Å²) in [6.07, 6.45) is 2.96. The van der Waals surface area contributed by atoms with Gasteiger partial charge in [0.1, 0.15) is 6.10 Å². The van der Waals surface area contributed by atoms with Gasteiger partial charge in [0.25, 0.3) is 0 Å². The Balaban J connectivity index is 2.00. The van der Waals surface area contributed by atoms with Crippen molar-refractivity contribution in [2.24, 2.45) is 0 Å². The molecule has 0 aromatic carbocycles. The van der Waals surface area contributed by atoms with Gasteiger partial charge >= 0.3 is 0 Å². The topological polar surface area (TPSA) is 57.4 Å². The number of pyridine rings is 1. The molecule has 1 aliphatic rings. The maximum absolute atomic E-state index is 13.1. The molecule has 0 amide bonds. The van der Waals surface area contributed by atoms with Crippen molar-refractivity contribution in [2.75, 3.05) is 18.9 Å². The Hall–Kier alpha value is -1.36. The molecule has 2 rings (SSSR count). The summed E-state index contributed by atoms with van der Waals surface area (Å²) in [6, 6.07) is 1.21. The molecule has 1 aliphatic heterocycles. The van der Waals surface area contributed by atoms with Crippen molar-refractivity contribution in [1.82, 2.24) is 4.98 Å². The van der Waals surface area contributed by atoms with Crippen molar-refractivity contribution in [3.8, 4) is 5.88 Å². The van der Waals surface area contributed by atoms with Crippen molar-refractivity contribution in [3.63, 3.8) is 0 Å². The van der Waals surface area contributed by atoms with Crippen molar-refractivity contribution in [2.45, 2.75) is 18.9 Å². The van der Waals surface area contributed by atoms with Crippen LogP contribution in [0.4, 0.5) is 10.1 Å². The summed E-state index contributed by atoms with van der Waals surface area (Å²) in [5, 5.41) is 0. The fraction of sp³-hybridized carbons (Fsp3) is 0.500. The van der Waals surface area contributed by atoms with Gasteiger partial charge in [-0.2, -0.15) is 0 Å². The average molecular weight is 212 g/mol. The van der Waals surface area contributed by atoms with Crippen molar-refractivity contribution in [3.05, 3.63) is 18.1 Å². The number of nitrogen functional groups attached to an aromatic ring is 1. The smallest absolute Gasteiger partial charge is 0.216 e. The molecule has 0 bridgehead atoms. The Morgan fingerprint density at radius 2 is 2.20 bits per heavy atom. The van der Waals surface area contributed by atoms with Gasteiger partial charge in [-0.15, -0.1) is 0 Å². The van der Waals surface area contributed by atoms with E-state index in [0.29, 0.717) is 13.2 Å². The standard InChI is InChI=1S/C10H13FN2O2/c11-8-5-10(13-6-9(8)12)15-7-1-3-14-4-2-7/h5-7H,1-4,12H2. The van der Waals surface area contributed by atoms with Crippen molar-refractivity contribution >= 4 is 5.69 Å². The number of rotatable bonds is 2. The van der Waals surface area contributed by atoms with E-state index < -0.39 is 5.82 Å². The average Bonchev–Trinajstić information content (AvgIpc) is 2.25. The summed E-state index contributed by atoms with van der Waals surface area (Å²) in [6.45, 7) is 1.37. The van der Waals surface area contributed by atoms with Crippen molar-refractivity contribution < 1.29 is 13.9 Å². The number of anilines is 1. The Morgan fingerprint density at radius 1 is 1.47 bits per heavy atom. The molecular weight excluding hydrogens is 199 g/mol. The second kappa shape index (κ2) is 4.44. The van der Waals surface area contributed by atoms with E-state index in [9.17, 15) is 4.39 Å². The molecule has 1 saturated heterocycles. The second-order valence-corrected chi connectivity index (χ2v) is 3.47. The molecule has 15 heavy (non-hydrogen) atoms. The first kappa shape index (κ1) is 10.2. The molecular formula is C10H13FN2O2. The third kappa shape index (κ3) is 2.56. The number of nitrogens with two attached hydrogens (primary N) is 1. The maximum atomic E-state index is 13.1. The normalized spacial score (nSPS) is 17.7. The van der Waals surface area contributed by atoms with Crippen LogP contribution in [0, 0.1) is 5.82 Å².